The van der Waals surface area contributed by atoms with Gasteiger partial charge in [0.05, 0.1) is 5.52 Å². The number of halogens is 1. The Balaban J connectivity index is 1.46. The molecule has 3 aromatic rings. The molecular weight excluding hydrogens is 329 g/mol. The van der Waals surface area contributed by atoms with Gasteiger partial charge in [-0.15, -0.1) is 0 Å². The van der Waals surface area contributed by atoms with Crippen molar-refractivity contribution in [3.63, 3.8) is 0 Å². The zero-order valence-corrected chi connectivity index (χ0v) is 14.4. The average Bonchev–Trinajstić information content (AvgIpc) is 2.68. The van der Waals surface area contributed by atoms with E-state index >= 15 is 0 Å². The van der Waals surface area contributed by atoms with E-state index in [1.54, 1.807) is 12.1 Å². The summed E-state index contributed by atoms with van der Waals surface area (Å²) in [7, 11) is 0. The third-order valence-corrected chi connectivity index (χ3v) is 4.76. The molecule has 0 radical (unpaired) electrons. The maximum absolute atomic E-state index is 13.5. The number of nitrogens with zero attached hydrogens (tertiary/aromatic N) is 2. The Kier molecular flexibility index (Phi) is 4.52. The van der Waals surface area contributed by atoms with Gasteiger partial charge in [0.1, 0.15) is 11.5 Å². The summed E-state index contributed by atoms with van der Waals surface area (Å²) in [4.78, 5) is 19.2. The third-order valence-electron chi connectivity index (χ3n) is 4.76. The molecule has 0 aliphatic carbocycles. The molecular formula is C21H20FN3O. The predicted molar refractivity (Wildman–Crippen MR) is 101 cm³/mol. The van der Waals surface area contributed by atoms with E-state index in [2.05, 4.69) is 15.2 Å². The fraction of sp³-hybridized carbons (Fsp3) is 0.238. The average molecular weight is 349 g/mol. The van der Waals surface area contributed by atoms with Crippen LogP contribution in [-0.4, -0.2) is 30.0 Å². The molecule has 1 fully saturated rings. The van der Waals surface area contributed by atoms with Crippen molar-refractivity contribution in [2.45, 2.75) is 18.9 Å². The summed E-state index contributed by atoms with van der Waals surface area (Å²) < 4.78 is 13.5. The van der Waals surface area contributed by atoms with E-state index in [0.29, 0.717) is 12.2 Å². The van der Waals surface area contributed by atoms with E-state index in [9.17, 15) is 9.18 Å². The van der Waals surface area contributed by atoms with Crippen LogP contribution in [0.2, 0.25) is 0 Å². The van der Waals surface area contributed by atoms with Gasteiger partial charge < -0.3 is 10.2 Å². The molecule has 4 rings (SSSR count). The van der Waals surface area contributed by atoms with Crippen LogP contribution in [0.1, 0.15) is 23.3 Å². The minimum absolute atomic E-state index is 0.0211. The summed E-state index contributed by atoms with van der Waals surface area (Å²) in [5.41, 5.74) is 2.09. The van der Waals surface area contributed by atoms with Crippen LogP contribution < -0.4 is 10.2 Å². The fourth-order valence-electron chi connectivity index (χ4n) is 3.45. The van der Waals surface area contributed by atoms with Crippen molar-refractivity contribution in [3.05, 3.63) is 72.2 Å². The molecule has 1 amide bonds. The zero-order chi connectivity index (χ0) is 17.9. The predicted octanol–water partition coefficient (Wildman–Crippen LogP) is 3.77. The van der Waals surface area contributed by atoms with Crippen molar-refractivity contribution in [2.24, 2.45) is 0 Å². The number of para-hydroxylation sites is 1. The molecule has 2 aromatic carbocycles. The smallest absolute Gasteiger partial charge is 0.270 e. The second kappa shape index (κ2) is 7.12. The maximum atomic E-state index is 13.5. The summed E-state index contributed by atoms with van der Waals surface area (Å²) in [6, 6.07) is 18.0. The number of fused-ring (bicyclic) bond motifs is 1. The quantitative estimate of drug-likeness (QED) is 0.783. The minimum Gasteiger partial charge on any atom is -0.369 e. The van der Waals surface area contributed by atoms with Gasteiger partial charge in [0, 0.05) is 30.2 Å². The summed E-state index contributed by atoms with van der Waals surface area (Å²) in [6.07, 6.45) is 1.86. The Bertz CT molecular complexity index is 943. The number of nitrogens with one attached hydrogen (secondary N) is 1. The van der Waals surface area contributed by atoms with Crippen molar-refractivity contribution in [1.82, 2.24) is 10.3 Å². The van der Waals surface area contributed by atoms with Gasteiger partial charge >= 0.3 is 0 Å². The highest BCUT2D eigenvalue weighted by molar-refractivity contribution is 5.95. The number of carbonyl (C=O) groups is 1. The molecule has 1 N–H and O–H groups in total. The van der Waals surface area contributed by atoms with Crippen molar-refractivity contribution < 1.29 is 9.18 Å². The van der Waals surface area contributed by atoms with E-state index in [1.807, 2.05) is 36.4 Å². The number of piperidine rings is 1. The first-order valence-corrected chi connectivity index (χ1v) is 8.86. The van der Waals surface area contributed by atoms with Crippen molar-refractivity contribution >= 4 is 22.5 Å². The number of benzene rings is 2. The van der Waals surface area contributed by atoms with Crippen LogP contribution in [0.3, 0.4) is 0 Å². The highest BCUT2D eigenvalue weighted by Crippen LogP contribution is 2.21. The van der Waals surface area contributed by atoms with Crippen LogP contribution in [0.5, 0.6) is 0 Å². The standard InChI is InChI=1S/C21H20FN3O/c22-16-6-3-8-18(13-16)25-12-4-7-17(14-25)23-21(26)20-11-10-15-5-1-2-9-19(15)24-20/h1-3,5-6,8-11,13,17H,4,7,12,14H2,(H,23,26). The van der Waals surface area contributed by atoms with Gasteiger partial charge in [-0.1, -0.05) is 30.3 Å². The van der Waals surface area contributed by atoms with Crippen LogP contribution in [0.15, 0.2) is 60.7 Å². The summed E-state index contributed by atoms with van der Waals surface area (Å²) in [6.45, 7) is 1.53. The van der Waals surface area contributed by atoms with Crippen LogP contribution in [0.25, 0.3) is 10.9 Å². The molecule has 26 heavy (non-hydrogen) atoms. The van der Waals surface area contributed by atoms with Crippen molar-refractivity contribution in [1.29, 1.82) is 0 Å². The number of hydrogen-bond donors (Lipinski definition) is 1. The fourth-order valence-corrected chi connectivity index (χ4v) is 3.45. The summed E-state index contributed by atoms with van der Waals surface area (Å²) in [5.74, 6) is -0.407. The van der Waals surface area contributed by atoms with Crippen LogP contribution >= 0.6 is 0 Å². The highest BCUT2D eigenvalue weighted by atomic mass is 19.1. The Morgan fingerprint density at radius 2 is 2.00 bits per heavy atom. The molecule has 0 saturated carbocycles. The van der Waals surface area contributed by atoms with Gasteiger partial charge in [-0.2, -0.15) is 0 Å². The van der Waals surface area contributed by atoms with Crippen LogP contribution in [-0.2, 0) is 0 Å². The Labute approximate surface area is 151 Å². The molecule has 1 atom stereocenters. The number of rotatable bonds is 3. The Morgan fingerprint density at radius 3 is 2.88 bits per heavy atom. The number of anilines is 1. The highest BCUT2D eigenvalue weighted by Gasteiger charge is 2.22. The van der Waals surface area contributed by atoms with E-state index < -0.39 is 0 Å². The minimum atomic E-state index is -0.242. The van der Waals surface area contributed by atoms with Crippen molar-refractivity contribution in [3.8, 4) is 0 Å². The number of amides is 1. The van der Waals surface area contributed by atoms with Gasteiger partial charge in [-0.25, -0.2) is 9.37 Å². The second-order valence-corrected chi connectivity index (χ2v) is 6.63. The van der Waals surface area contributed by atoms with Gasteiger partial charge in [0.25, 0.3) is 5.91 Å². The molecule has 1 aromatic heterocycles. The second-order valence-electron chi connectivity index (χ2n) is 6.63. The van der Waals surface area contributed by atoms with E-state index in [-0.39, 0.29) is 17.8 Å². The lowest BCUT2D eigenvalue weighted by molar-refractivity contribution is 0.0928. The largest absolute Gasteiger partial charge is 0.369 e. The first-order chi connectivity index (χ1) is 12.7. The molecule has 4 nitrogen and oxygen atoms in total. The van der Waals surface area contributed by atoms with Gasteiger partial charge in [-0.05, 0) is 43.2 Å². The maximum Gasteiger partial charge on any atom is 0.270 e. The Morgan fingerprint density at radius 1 is 1.12 bits per heavy atom. The first-order valence-electron chi connectivity index (χ1n) is 8.86. The van der Waals surface area contributed by atoms with Crippen molar-refractivity contribution in [2.75, 3.05) is 18.0 Å². The number of carbonyl (C=O) groups excluding carboxylic acids is 1. The number of hydrogen-bond acceptors (Lipinski definition) is 3. The molecule has 2 heterocycles. The zero-order valence-electron chi connectivity index (χ0n) is 14.4. The molecule has 0 spiro atoms. The van der Waals surface area contributed by atoms with Crippen LogP contribution in [0.4, 0.5) is 10.1 Å². The normalized spacial score (nSPS) is 17.3. The molecule has 1 saturated heterocycles. The van der Waals surface area contributed by atoms with Gasteiger partial charge in [0.15, 0.2) is 0 Å². The molecule has 0 bridgehead atoms. The monoisotopic (exact) mass is 349 g/mol. The summed E-state index contributed by atoms with van der Waals surface area (Å²) in [5, 5.41) is 4.09. The number of aromatic nitrogens is 1. The first kappa shape index (κ1) is 16.5. The lowest BCUT2D eigenvalue weighted by atomic mass is 10.0. The molecule has 132 valence electrons. The lowest BCUT2D eigenvalue weighted by Gasteiger charge is -2.34. The number of pyridine rings is 1. The van der Waals surface area contributed by atoms with E-state index in [4.69, 9.17) is 0 Å². The summed E-state index contributed by atoms with van der Waals surface area (Å²) >= 11 is 0. The van der Waals surface area contributed by atoms with Gasteiger partial charge in [-0.3, -0.25) is 4.79 Å². The molecule has 5 heteroatoms. The van der Waals surface area contributed by atoms with E-state index in [0.717, 1.165) is 36.0 Å². The molecule has 1 aliphatic heterocycles. The SMILES string of the molecule is O=C(NC1CCCN(c2cccc(F)c2)C1)c1ccc2ccccc2n1. The molecule has 1 unspecified atom stereocenters. The Hall–Kier alpha value is -2.95. The van der Waals surface area contributed by atoms with Crippen LogP contribution in [0, 0.1) is 5.82 Å². The lowest BCUT2D eigenvalue weighted by Crippen LogP contribution is -2.48. The van der Waals surface area contributed by atoms with Gasteiger partial charge in [0.2, 0.25) is 0 Å². The van der Waals surface area contributed by atoms with E-state index in [1.165, 1.54) is 12.1 Å². The third kappa shape index (κ3) is 3.52. The molecule has 1 aliphatic rings. The topological polar surface area (TPSA) is 45.2 Å².